The molecule has 2 aliphatic heterocycles. The van der Waals surface area contributed by atoms with Gasteiger partial charge in [0, 0.05) is 50.4 Å². The fourth-order valence-corrected chi connectivity index (χ4v) is 5.16. The van der Waals surface area contributed by atoms with Crippen molar-refractivity contribution in [2.75, 3.05) is 13.1 Å². The number of carboxylic acid groups (broad SMARTS) is 2. The van der Waals surface area contributed by atoms with Crippen molar-refractivity contribution in [2.24, 2.45) is 0 Å². The van der Waals surface area contributed by atoms with Gasteiger partial charge in [-0.05, 0) is 61.8 Å². The van der Waals surface area contributed by atoms with E-state index in [0.29, 0.717) is 12.5 Å². The molecule has 242 valence electrons. The first-order chi connectivity index (χ1) is 20.6. The minimum Gasteiger partial charge on any atom is -0.487 e. The number of amides is 1. The molecule has 44 heavy (non-hydrogen) atoms. The van der Waals surface area contributed by atoms with Crippen LogP contribution in [0.2, 0.25) is 0 Å². The lowest BCUT2D eigenvalue weighted by atomic mass is 9.76. The topological polar surface area (TPSA) is 129 Å². The number of halogens is 6. The fourth-order valence-electron chi connectivity index (χ4n) is 5.16. The number of rotatable bonds is 5. The van der Waals surface area contributed by atoms with Crippen LogP contribution in [0.1, 0.15) is 62.0 Å². The number of para-hydroxylation sites is 1. The Hall–Kier alpha value is -3.88. The van der Waals surface area contributed by atoms with Crippen molar-refractivity contribution >= 4 is 17.8 Å². The number of aromatic nitrogens is 1. The van der Waals surface area contributed by atoms with Crippen LogP contribution in [0.4, 0.5) is 26.3 Å². The van der Waals surface area contributed by atoms with Crippen LogP contribution < -0.4 is 10.1 Å². The second-order valence-electron chi connectivity index (χ2n) is 10.9. The van der Waals surface area contributed by atoms with Gasteiger partial charge in [-0.3, -0.25) is 14.7 Å². The third-order valence-corrected chi connectivity index (χ3v) is 7.59. The van der Waals surface area contributed by atoms with Gasteiger partial charge in [-0.2, -0.15) is 26.3 Å². The number of hydrogen-bond donors (Lipinski definition) is 3. The molecule has 2 aromatic rings. The van der Waals surface area contributed by atoms with Gasteiger partial charge >= 0.3 is 24.3 Å². The van der Waals surface area contributed by atoms with Crippen molar-refractivity contribution in [1.82, 2.24) is 15.2 Å². The van der Waals surface area contributed by atoms with Gasteiger partial charge in [0.05, 0.1) is 0 Å². The molecule has 0 radical (unpaired) electrons. The van der Waals surface area contributed by atoms with E-state index in [9.17, 15) is 31.1 Å². The summed E-state index contributed by atoms with van der Waals surface area (Å²) in [5.74, 6) is -4.10. The molecule has 1 aliphatic carbocycles. The van der Waals surface area contributed by atoms with Crippen molar-refractivity contribution in [3.8, 4) is 5.75 Å². The normalized spacial score (nSPS) is 19.5. The van der Waals surface area contributed by atoms with Crippen molar-refractivity contribution in [2.45, 2.75) is 81.4 Å². The van der Waals surface area contributed by atoms with Gasteiger partial charge in [0.25, 0.3) is 0 Å². The monoisotopic (exact) mass is 633 g/mol. The molecule has 2 fully saturated rings. The Morgan fingerprint density at radius 2 is 1.55 bits per heavy atom. The highest BCUT2D eigenvalue weighted by atomic mass is 19.4. The van der Waals surface area contributed by atoms with Crippen molar-refractivity contribution in [1.29, 1.82) is 0 Å². The molecule has 1 atom stereocenters. The van der Waals surface area contributed by atoms with Gasteiger partial charge in [-0.15, -0.1) is 0 Å². The first-order valence-electron chi connectivity index (χ1n) is 13.9. The molecule has 9 nitrogen and oxygen atoms in total. The number of carboxylic acids is 2. The molecule has 1 aromatic heterocycles. The smallest absolute Gasteiger partial charge is 0.487 e. The number of nitrogens with one attached hydrogen (secondary N) is 1. The summed E-state index contributed by atoms with van der Waals surface area (Å²) in [7, 11) is 0. The van der Waals surface area contributed by atoms with E-state index in [2.05, 4.69) is 39.5 Å². The summed E-state index contributed by atoms with van der Waals surface area (Å²) >= 11 is 0. The lowest BCUT2D eigenvalue weighted by molar-refractivity contribution is -0.193. The summed E-state index contributed by atoms with van der Waals surface area (Å²) in [6.45, 7) is 2.96. The number of likely N-dealkylation sites (tertiary alicyclic amines) is 1. The van der Waals surface area contributed by atoms with Crippen LogP contribution in [0.3, 0.4) is 0 Å². The largest absolute Gasteiger partial charge is 0.490 e. The Kier molecular flexibility index (Phi) is 11.6. The summed E-state index contributed by atoms with van der Waals surface area (Å²) in [6, 6.07) is 12.9. The van der Waals surface area contributed by atoms with Crippen LogP contribution in [0.25, 0.3) is 0 Å². The first kappa shape index (κ1) is 34.6. The maximum Gasteiger partial charge on any atom is 0.490 e. The number of fused-ring (bicyclic) bond motifs is 1. The number of alkyl halides is 6. The highest BCUT2D eigenvalue weighted by Crippen LogP contribution is 2.46. The third kappa shape index (κ3) is 10.4. The van der Waals surface area contributed by atoms with Crippen LogP contribution in [-0.4, -0.2) is 75.0 Å². The molecule has 1 aromatic carbocycles. The predicted molar refractivity (Wildman–Crippen MR) is 144 cm³/mol. The van der Waals surface area contributed by atoms with Gasteiger partial charge in [0.15, 0.2) is 0 Å². The zero-order valence-electron chi connectivity index (χ0n) is 23.5. The molecule has 15 heteroatoms. The predicted octanol–water partition coefficient (Wildman–Crippen LogP) is 5.31. The minimum atomic E-state index is -5.08. The maximum absolute atomic E-state index is 12.7. The molecule has 1 spiro atoms. The number of aliphatic carboxylic acids is 2. The zero-order chi connectivity index (χ0) is 32.5. The maximum atomic E-state index is 12.7. The Labute approximate surface area is 249 Å². The van der Waals surface area contributed by atoms with E-state index >= 15 is 0 Å². The Balaban J connectivity index is 0.000000317. The molecule has 3 heterocycles. The van der Waals surface area contributed by atoms with E-state index in [1.807, 2.05) is 24.5 Å². The van der Waals surface area contributed by atoms with Crippen molar-refractivity contribution in [3.05, 3.63) is 59.9 Å². The molecule has 3 aliphatic rings. The average molecular weight is 634 g/mol. The number of carbonyl (C=O) groups is 3. The molecule has 1 amide bonds. The number of carbonyl (C=O) groups excluding carboxylic acids is 1. The Morgan fingerprint density at radius 1 is 0.955 bits per heavy atom. The summed E-state index contributed by atoms with van der Waals surface area (Å²) in [5, 5.41) is 17.5. The molecule has 1 saturated heterocycles. The van der Waals surface area contributed by atoms with E-state index in [-0.39, 0.29) is 17.4 Å². The lowest BCUT2D eigenvalue weighted by Gasteiger charge is -2.47. The second kappa shape index (κ2) is 14.7. The molecule has 0 bridgehead atoms. The van der Waals surface area contributed by atoms with Crippen molar-refractivity contribution in [3.63, 3.8) is 0 Å². The summed E-state index contributed by atoms with van der Waals surface area (Å²) < 4.78 is 70.1. The average Bonchev–Trinajstić information content (AvgIpc) is 2.92. The SMILES string of the molecule is O=C(CC1CC2(CCN(Cc3cccnc3)CC2)Oc2ccccc21)NC1CCC1.O=C(O)C(F)(F)F.O=C(O)C(F)(F)F. The van der Waals surface area contributed by atoms with Gasteiger partial charge in [0.1, 0.15) is 11.4 Å². The van der Waals surface area contributed by atoms with Crippen molar-refractivity contribution < 1.29 is 55.7 Å². The van der Waals surface area contributed by atoms with E-state index in [0.717, 1.165) is 57.5 Å². The van der Waals surface area contributed by atoms with Crippen LogP contribution in [0.5, 0.6) is 5.75 Å². The number of hydrogen-bond acceptors (Lipinski definition) is 6. The van der Waals surface area contributed by atoms with E-state index in [1.165, 1.54) is 17.5 Å². The number of pyridine rings is 1. The number of piperidine rings is 1. The highest BCUT2D eigenvalue weighted by molar-refractivity contribution is 5.77. The Morgan fingerprint density at radius 3 is 2.05 bits per heavy atom. The van der Waals surface area contributed by atoms with Gasteiger partial charge in [-0.1, -0.05) is 24.3 Å². The van der Waals surface area contributed by atoms with Crippen LogP contribution in [-0.2, 0) is 20.9 Å². The van der Waals surface area contributed by atoms with E-state index in [4.69, 9.17) is 24.5 Å². The molecule has 1 saturated carbocycles. The van der Waals surface area contributed by atoms with E-state index < -0.39 is 24.3 Å². The number of ether oxygens (including phenoxy) is 1. The van der Waals surface area contributed by atoms with Gasteiger partial charge < -0.3 is 20.3 Å². The summed E-state index contributed by atoms with van der Waals surface area (Å²) in [4.78, 5) is 37.2. The first-order valence-corrected chi connectivity index (χ1v) is 13.9. The summed E-state index contributed by atoms with van der Waals surface area (Å²) in [5.41, 5.74) is 2.31. The molecule has 3 N–H and O–H groups in total. The van der Waals surface area contributed by atoms with Gasteiger partial charge in [0.2, 0.25) is 5.91 Å². The second-order valence-corrected chi connectivity index (χ2v) is 10.9. The van der Waals surface area contributed by atoms with Crippen LogP contribution in [0.15, 0.2) is 48.8 Å². The zero-order valence-corrected chi connectivity index (χ0v) is 23.5. The number of nitrogens with zero attached hydrogens (tertiary/aromatic N) is 2. The summed E-state index contributed by atoms with van der Waals surface area (Å²) in [6.07, 6.45) is 0.618. The van der Waals surface area contributed by atoms with Crippen LogP contribution >= 0.6 is 0 Å². The fraction of sp³-hybridized carbons (Fsp3) is 0.517. The minimum absolute atomic E-state index is 0.152. The lowest BCUT2D eigenvalue weighted by Crippen LogP contribution is -2.50. The molecular formula is C29H33F6N3O6. The molecular weight excluding hydrogens is 600 g/mol. The quantitative estimate of drug-likeness (QED) is 0.378. The highest BCUT2D eigenvalue weighted by Gasteiger charge is 2.44. The van der Waals surface area contributed by atoms with E-state index in [1.54, 1.807) is 0 Å². The molecule has 5 rings (SSSR count). The van der Waals surface area contributed by atoms with Gasteiger partial charge in [-0.25, -0.2) is 9.59 Å². The number of benzene rings is 1. The third-order valence-electron chi connectivity index (χ3n) is 7.59. The standard InChI is InChI=1S/C25H31N3O2.2C2HF3O2/c29-24(27-21-6-3-7-21)15-20-16-25(30-23-9-2-1-8-22(20)23)10-13-28(14-11-25)18-19-5-4-12-26-17-19;2*3-2(4,5)1(6)7/h1-2,4-5,8-9,12,17,20-21H,3,6-7,10-11,13-16,18H2,(H,27,29);2*(H,6,7). The molecule has 1 unspecified atom stereocenters. The Bertz CT molecular complexity index is 1240. The van der Waals surface area contributed by atoms with Crippen LogP contribution in [0, 0.1) is 0 Å².